The normalized spacial score (nSPS) is 14.0. The summed E-state index contributed by atoms with van der Waals surface area (Å²) >= 11 is 0. The molecule has 0 aromatic heterocycles. The summed E-state index contributed by atoms with van der Waals surface area (Å²) in [5.74, 6) is -2.49. The number of hydrogen-bond acceptors (Lipinski definition) is 5. The highest BCUT2D eigenvalue weighted by atomic mass is 19.1. The molecule has 3 rings (SSSR count). The van der Waals surface area contributed by atoms with Crippen LogP contribution in [0.5, 0.6) is 5.75 Å². The molecule has 2 aromatic rings. The Kier molecular flexibility index (Phi) is 5.07. The number of hydrogen-bond donors (Lipinski definition) is 1. The minimum Gasteiger partial charge on any atom is -0.497 e. The maximum atomic E-state index is 14.0. The molecule has 0 radical (unpaired) electrons. The Labute approximate surface area is 154 Å². The number of para-hydroxylation sites is 2. The van der Waals surface area contributed by atoms with E-state index in [-0.39, 0.29) is 23.8 Å². The van der Waals surface area contributed by atoms with Crippen LogP contribution in [0.25, 0.3) is 0 Å². The van der Waals surface area contributed by atoms with Crippen molar-refractivity contribution in [3.8, 4) is 5.75 Å². The van der Waals surface area contributed by atoms with Crippen LogP contribution in [0.15, 0.2) is 42.5 Å². The second-order valence-corrected chi connectivity index (χ2v) is 5.88. The summed E-state index contributed by atoms with van der Waals surface area (Å²) in [6, 6.07) is 10.5. The van der Waals surface area contributed by atoms with E-state index in [2.05, 4.69) is 5.32 Å². The van der Waals surface area contributed by atoms with Crippen molar-refractivity contribution < 1.29 is 28.2 Å². The van der Waals surface area contributed by atoms with Gasteiger partial charge in [-0.15, -0.1) is 0 Å². The number of esters is 1. The van der Waals surface area contributed by atoms with E-state index in [1.807, 2.05) is 0 Å². The molecular formula is C19H17FN2O5. The van der Waals surface area contributed by atoms with Gasteiger partial charge in [0.15, 0.2) is 6.10 Å². The van der Waals surface area contributed by atoms with Gasteiger partial charge in [0.1, 0.15) is 18.1 Å². The Bertz CT molecular complexity index is 915. The first kappa shape index (κ1) is 18.4. The molecule has 8 heteroatoms. The number of benzene rings is 2. The summed E-state index contributed by atoms with van der Waals surface area (Å²) in [5.41, 5.74) is 0.676. The monoisotopic (exact) mass is 372 g/mol. The van der Waals surface area contributed by atoms with Gasteiger partial charge in [0.2, 0.25) is 5.91 Å². The molecule has 0 bridgehead atoms. The van der Waals surface area contributed by atoms with Crippen molar-refractivity contribution in [3.63, 3.8) is 0 Å². The number of rotatable bonds is 4. The molecule has 1 atom stereocenters. The lowest BCUT2D eigenvalue weighted by Gasteiger charge is -2.30. The van der Waals surface area contributed by atoms with Crippen molar-refractivity contribution >= 4 is 29.2 Å². The Morgan fingerprint density at radius 3 is 2.67 bits per heavy atom. The summed E-state index contributed by atoms with van der Waals surface area (Å²) in [6.45, 7) is 1.17. The van der Waals surface area contributed by atoms with Crippen molar-refractivity contribution in [3.05, 3.63) is 53.8 Å². The molecule has 1 aliphatic heterocycles. The van der Waals surface area contributed by atoms with E-state index in [1.165, 1.54) is 31.1 Å². The predicted molar refractivity (Wildman–Crippen MR) is 95.3 cm³/mol. The number of methoxy groups -OCH3 is 1. The van der Waals surface area contributed by atoms with Crippen molar-refractivity contribution in [2.75, 3.05) is 23.9 Å². The molecule has 1 N–H and O–H groups in total. The molecule has 0 saturated heterocycles. The van der Waals surface area contributed by atoms with Crippen LogP contribution in [-0.2, 0) is 14.3 Å². The summed E-state index contributed by atoms with van der Waals surface area (Å²) < 4.78 is 24.0. The third-order valence-corrected chi connectivity index (χ3v) is 4.06. The highest BCUT2D eigenvalue weighted by molar-refractivity contribution is 6.11. The molecule has 1 heterocycles. The van der Waals surface area contributed by atoms with Crippen LogP contribution in [0.3, 0.4) is 0 Å². The van der Waals surface area contributed by atoms with Crippen molar-refractivity contribution in [2.45, 2.75) is 13.0 Å². The zero-order valence-corrected chi connectivity index (χ0v) is 14.7. The first-order chi connectivity index (χ1) is 12.9. The van der Waals surface area contributed by atoms with E-state index in [4.69, 9.17) is 9.47 Å². The lowest BCUT2D eigenvalue weighted by atomic mass is 10.1. The number of fused-ring (bicyclic) bond motifs is 1. The van der Waals surface area contributed by atoms with Crippen LogP contribution in [0.1, 0.15) is 17.3 Å². The number of halogens is 1. The maximum absolute atomic E-state index is 14.0. The zero-order chi connectivity index (χ0) is 19.6. The molecule has 0 fully saturated rings. The molecule has 0 unspecified atom stereocenters. The summed E-state index contributed by atoms with van der Waals surface area (Å²) in [5, 5.41) is 2.67. The van der Waals surface area contributed by atoms with Gasteiger partial charge in [0.25, 0.3) is 5.91 Å². The largest absolute Gasteiger partial charge is 0.497 e. The van der Waals surface area contributed by atoms with Gasteiger partial charge in [-0.3, -0.25) is 14.5 Å². The van der Waals surface area contributed by atoms with Gasteiger partial charge in [-0.2, -0.15) is 0 Å². The van der Waals surface area contributed by atoms with Gasteiger partial charge in [-0.25, -0.2) is 9.18 Å². The third-order valence-electron chi connectivity index (χ3n) is 4.06. The number of carbonyl (C=O) groups is 3. The number of carbonyl (C=O) groups excluding carboxylic acids is 3. The molecular weight excluding hydrogens is 355 g/mol. The van der Waals surface area contributed by atoms with Crippen molar-refractivity contribution in [1.29, 1.82) is 0 Å². The average Bonchev–Trinajstić information content (AvgIpc) is 2.66. The predicted octanol–water partition coefficient (Wildman–Crippen LogP) is 2.36. The SMILES string of the molecule is COc1ccc(C(=O)O[C@@H](C)C(=O)N2CC(=O)Nc3ccccc32)c(F)c1. The molecule has 0 aliphatic carbocycles. The Morgan fingerprint density at radius 1 is 1.22 bits per heavy atom. The molecule has 0 spiro atoms. The molecule has 0 saturated carbocycles. The minimum atomic E-state index is -1.21. The van der Waals surface area contributed by atoms with Gasteiger partial charge >= 0.3 is 5.97 Å². The molecule has 140 valence electrons. The molecule has 27 heavy (non-hydrogen) atoms. The summed E-state index contributed by atoms with van der Waals surface area (Å²) in [4.78, 5) is 38.0. The first-order valence-corrected chi connectivity index (χ1v) is 8.15. The van der Waals surface area contributed by atoms with Gasteiger partial charge in [0.05, 0.1) is 24.0 Å². The first-order valence-electron chi connectivity index (χ1n) is 8.15. The van der Waals surface area contributed by atoms with E-state index in [0.29, 0.717) is 11.4 Å². The Morgan fingerprint density at radius 2 is 1.96 bits per heavy atom. The van der Waals surface area contributed by atoms with Crippen LogP contribution in [0.4, 0.5) is 15.8 Å². The van der Waals surface area contributed by atoms with Crippen LogP contribution in [-0.4, -0.2) is 37.5 Å². The van der Waals surface area contributed by atoms with Crippen molar-refractivity contribution in [1.82, 2.24) is 0 Å². The standard InChI is InChI=1S/C19H17FN2O5/c1-11(27-19(25)13-8-7-12(26-2)9-14(13)20)18(24)22-10-17(23)21-15-5-3-4-6-16(15)22/h3-9,11H,10H2,1-2H3,(H,21,23)/t11-/m0/s1. The van der Waals surface area contributed by atoms with E-state index < -0.39 is 23.8 Å². The van der Waals surface area contributed by atoms with Gasteiger partial charge in [0, 0.05) is 6.07 Å². The smallest absolute Gasteiger partial charge is 0.341 e. The Balaban J connectivity index is 1.76. The average molecular weight is 372 g/mol. The fourth-order valence-corrected chi connectivity index (χ4v) is 2.71. The number of nitrogens with one attached hydrogen (secondary N) is 1. The highest BCUT2D eigenvalue weighted by Crippen LogP contribution is 2.29. The van der Waals surface area contributed by atoms with Gasteiger partial charge in [-0.05, 0) is 31.2 Å². The highest BCUT2D eigenvalue weighted by Gasteiger charge is 2.31. The zero-order valence-electron chi connectivity index (χ0n) is 14.7. The van der Waals surface area contributed by atoms with Crippen molar-refractivity contribution in [2.24, 2.45) is 0 Å². The number of amides is 2. The van der Waals surface area contributed by atoms with Crippen LogP contribution < -0.4 is 15.0 Å². The lowest BCUT2D eigenvalue weighted by Crippen LogP contribution is -2.47. The Hall–Kier alpha value is -3.42. The van der Waals surface area contributed by atoms with Crippen LogP contribution >= 0.6 is 0 Å². The minimum absolute atomic E-state index is 0.200. The van der Waals surface area contributed by atoms with Crippen LogP contribution in [0, 0.1) is 5.82 Å². The second-order valence-electron chi connectivity index (χ2n) is 5.88. The van der Waals surface area contributed by atoms with Gasteiger partial charge < -0.3 is 14.8 Å². The third kappa shape index (κ3) is 3.74. The maximum Gasteiger partial charge on any atom is 0.341 e. The van der Waals surface area contributed by atoms with E-state index in [1.54, 1.807) is 24.3 Å². The molecule has 1 aliphatic rings. The number of ether oxygens (including phenoxy) is 2. The van der Waals surface area contributed by atoms with E-state index in [0.717, 1.165) is 6.07 Å². The van der Waals surface area contributed by atoms with Crippen LogP contribution in [0.2, 0.25) is 0 Å². The molecule has 2 amide bonds. The van der Waals surface area contributed by atoms with Gasteiger partial charge in [-0.1, -0.05) is 12.1 Å². The van der Waals surface area contributed by atoms with E-state index in [9.17, 15) is 18.8 Å². The second kappa shape index (κ2) is 7.45. The number of anilines is 2. The fraction of sp³-hybridized carbons (Fsp3) is 0.211. The molecule has 2 aromatic carbocycles. The lowest BCUT2D eigenvalue weighted by molar-refractivity contribution is -0.128. The number of nitrogens with zero attached hydrogens (tertiary/aromatic N) is 1. The summed E-state index contributed by atoms with van der Waals surface area (Å²) in [7, 11) is 1.38. The molecule has 7 nitrogen and oxygen atoms in total. The summed E-state index contributed by atoms with van der Waals surface area (Å²) in [6.07, 6.45) is -1.21. The van der Waals surface area contributed by atoms with E-state index >= 15 is 0 Å². The quantitative estimate of drug-likeness (QED) is 0.833. The topological polar surface area (TPSA) is 84.9 Å². The fourth-order valence-electron chi connectivity index (χ4n) is 2.71.